The molecule has 0 heterocycles. The summed E-state index contributed by atoms with van der Waals surface area (Å²) >= 11 is 0. The number of carbonyl (C=O) groups excluding carboxylic acids is 1. The van der Waals surface area contributed by atoms with Gasteiger partial charge in [0.25, 0.3) is 0 Å². The Morgan fingerprint density at radius 1 is 1.41 bits per heavy atom. The van der Waals surface area contributed by atoms with E-state index >= 15 is 0 Å². The third-order valence-corrected chi connectivity index (χ3v) is 2.32. The van der Waals surface area contributed by atoms with E-state index in [0.29, 0.717) is 12.0 Å². The number of unbranched alkanes of at least 4 members (excludes halogenated alkanes) is 1. The average Bonchev–Trinajstić information content (AvgIpc) is 2.39. The van der Waals surface area contributed by atoms with Crippen LogP contribution < -0.4 is 0 Å². The van der Waals surface area contributed by atoms with Gasteiger partial charge in [-0.2, -0.15) is 0 Å². The van der Waals surface area contributed by atoms with Crippen LogP contribution in [0.1, 0.15) is 25.3 Å². The number of hydrogen-bond acceptors (Lipinski definition) is 3. The number of esters is 1. The highest BCUT2D eigenvalue weighted by molar-refractivity contribution is 5.85. The van der Waals surface area contributed by atoms with Gasteiger partial charge in [-0.1, -0.05) is 49.1 Å². The van der Waals surface area contributed by atoms with Crippen LogP contribution in [0.15, 0.2) is 30.3 Å². The first-order chi connectivity index (χ1) is 8.15. The van der Waals surface area contributed by atoms with Crippen LogP contribution in [0.5, 0.6) is 0 Å². The normalized spacial score (nSPS) is 13.1. The van der Waals surface area contributed by atoms with Gasteiger partial charge in [0.1, 0.15) is 0 Å². The van der Waals surface area contributed by atoms with Gasteiger partial charge in [0, 0.05) is 12.0 Å². The molecular weight excluding hydrogens is 216 g/mol. The van der Waals surface area contributed by atoms with E-state index < -0.39 is 11.6 Å². The second-order valence-electron chi connectivity index (χ2n) is 3.62. The molecule has 1 aromatic rings. The molecule has 3 nitrogen and oxygen atoms in total. The van der Waals surface area contributed by atoms with E-state index in [-0.39, 0.29) is 0 Å². The fourth-order valence-electron chi connectivity index (χ4n) is 1.38. The van der Waals surface area contributed by atoms with E-state index in [1.165, 1.54) is 7.11 Å². The SMILES string of the molecule is CCCC#CC(O)(C(=O)OC)c1ccccc1. The van der Waals surface area contributed by atoms with Crippen molar-refractivity contribution in [1.82, 2.24) is 0 Å². The van der Waals surface area contributed by atoms with Crippen LogP contribution in [0, 0.1) is 11.8 Å². The van der Waals surface area contributed by atoms with Gasteiger partial charge in [0.2, 0.25) is 5.60 Å². The van der Waals surface area contributed by atoms with Gasteiger partial charge in [-0.05, 0) is 6.42 Å². The maximum atomic E-state index is 11.7. The largest absolute Gasteiger partial charge is 0.466 e. The van der Waals surface area contributed by atoms with E-state index in [4.69, 9.17) is 0 Å². The molecule has 1 N–H and O–H groups in total. The summed E-state index contributed by atoms with van der Waals surface area (Å²) in [6.45, 7) is 1.98. The minimum absolute atomic E-state index is 0.426. The summed E-state index contributed by atoms with van der Waals surface area (Å²) in [5, 5.41) is 10.3. The minimum atomic E-state index is -1.87. The van der Waals surface area contributed by atoms with Crippen molar-refractivity contribution < 1.29 is 14.6 Å². The summed E-state index contributed by atoms with van der Waals surface area (Å²) in [6, 6.07) is 8.59. The lowest BCUT2D eigenvalue weighted by atomic mass is 9.94. The standard InChI is InChI=1S/C14H16O3/c1-3-4-8-11-14(16,13(15)17-2)12-9-6-5-7-10-12/h5-7,9-10,16H,3-4H2,1-2H3. The molecule has 0 spiro atoms. The number of rotatable bonds is 3. The zero-order chi connectivity index (χ0) is 12.7. The third-order valence-electron chi connectivity index (χ3n) is 2.32. The Hall–Kier alpha value is -1.79. The van der Waals surface area contributed by atoms with Crippen LogP contribution in [0.4, 0.5) is 0 Å². The number of carbonyl (C=O) groups is 1. The van der Waals surface area contributed by atoms with Crippen LogP contribution >= 0.6 is 0 Å². The van der Waals surface area contributed by atoms with Crippen LogP contribution in [0.3, 0.4) is 0 Å². The van der Waals surface area contributed by atoms with Crippen molar-refractivity contribution in [3.8, 4) is 11.8 Å². The summed E-state index contributed by atoms with van der Waals surface area (Å²) in [5.41, 5.74) is -1.44. The summed E-state index contributed by atoms with van der Waals surface area (Å²) in [4.78, 5) is 11.7. The molecule has 0 aromatic heterocycles. The zero-order valence-corrected chi connectivity index (χ0v) is 10.1. The maximum Gasteiger partial charge on any atom is 0.355 e. The van der Waals surface area contributed by atoms with Crippen molar-refractivity contribution >= 4 is 5.97 Å². The second-order valence-corrected chi connectivity index (χ2v) is 3.62. The Balaban J connectivity index is 3.13. The molecule has 1 rings (SSSR count). The van der Waals surface area contributed by atoms with Crippen molar-refractivity contribution in [3.05, 3.63) is 35.9 Å². The monoisotopic (exact) mass is 232 g/mol. The third kappa shape index (κ3) is 3.08. The smallest absolute Gasteiger partial charge is 0.355 e. The van der Waals surface area contributed by atoms with Gasteiger partial charge in [-0.15, -0.1) is 0 Å². The molecule has 0 amide bonds. The number of aliphatic hydroxyl groups is 1. The molecule has 0 saturated carbocycles. The highest BCUT2D eigenvalue weighted by atomic mass is 16.5. The van der Waals surface area contributed by atoms with Gasteiger partial charge in [0.05, 0.1) is 7.11 Å². The summed E-state index contributed by atoms with van der Waals surface area (Å²) < 4.78 is 4.61. The molecule has 1 atom stereocenters. The lowest BCUT2D eigenvalue weighted by molar-refractivity contribution is -0.157. The van der Waals surface area contributed by atoms with E-state index in [1.54, 1.807) is 30.3 Å². The maximum absolute atomic E-state index is 11.7. The summed E-state index contributed by atoms with van der Waals surface area (Å²) in [7, 11) is 1.23. The zero-order valence-electron chi connectivity index (χ0n) is 10.1. The van der Waals surface area contributed by atoms with E-state index in [9.17, 15) is 9.90 Å². The molecule has 3 heteroatoms. The first-order valence-corrected chi connectivity index (χ1v) is 5.51. The molecule has 0 aliphatic rings. The molecule has 0 bridgehead atoms. The van der Waals surface area contributed by atoms with Crippen molar-refractivity contribution in [2.75, 3.05) is 7.11 Å². The van der Waals surface area contributed by atoms with Gasteiger partial charge >= 0.3 is 5.97 Å². The quantitative estimate of drug-likeness (QED) is 0.639. The molecule has 1 aromatic carbocycles. The van der Waals surface area contributed by atoms with Crippen molar-refractivity contribution in [2.24, 2.45) is 0 Å². The van der Waals surface area contributed by atoms with Crippen molar-refractivity contribution in [3.63, 3.8) is 0 Å². The van der Waals surface area contributed by atoms with Crippen molar-refractivity contribution in [1.29, 1.82) is 0 Å². The number of ether oxygens (including phenoxy) is 1. The highest BCUT2D eigenvalue weighted by Crippen LogP contribution is 2.21. The Morgan fingerprint density at radius 2 is 2.06 bits per heavy atom. The minimum Gasteiger partial charge on any atom is -0.466 e. The van der Waals surface area contributed by atoms with E-state index in [1.807, 2.05) is 6.92 Å². The van der Waals surface area contributed by atoms with Gasteiger partial charge in [-0.25, -0.2) is 4.79 Å². The number of hydrogen-bond donors (Lipinski definition) is 1. The molecule has 0 aliphatic carbocycles. The fraction of sp³-hybridized carbons (Fsp3) is 0.357. The van der Waals surface area contributed by atoms with Crippen LogP contribution in [0.25, 0.3) is 0 Å². The lowest BCUT2D eigenvalue weighted by Gasteiger charge is -2.19. The lowest BCUT2D eigenvalue weighted by Crippen LogP contribution is -2.35. The summed E-state index contributed by atoms with van der Waals surface area (Å²) in [5.74, 6) is 4.63. The van der Waals surface area contributed by atoms with Crippen LogP contribution in [0.2, 0.25) is 0 Å². The molecule has 0 radical (unpaired) electrons. The fourth-order valence-corrected chi connectivity index (χ4v) is 1.38. The molecule has 0 saturated heterocycles. The van der Waals surface area contributed by atoms with Gasteiger partial charge in [0.15, 0.2) is 0 Å². The highest BCUT2D eigenvalue weighted by Gasteiger charge is 2.37. The predicted octanol–water partition coefficient (Wildman–Crippen LogP) is 1.85. The molecular formula is C14H16O3. The Bertz CT molecular complexity index is 428. The predicted molar refractivity (Wildman–Crippen MR) is 65.0 cm³/mol. The van der Waals surface area contributed by atoms with Crippen LogP contribution in [-0.2, 0) is 15.1 Å². The number of benzene rings is 1. The van der Waals surface area contributed by atoms with E-state index in [0.717, 1.165) is 6.42 Å². The van der Waals surface area contributed by atoms with E-state index in [2.05, 4.69) is 16.6 Å². The molecule has 17 heavy (non-hydrogen) atoms. The Kier molecular flexibility index (Phi) is 4.74. The molecule has 0 aliphatic heterocycles. The summed E-state index contributed by atoms with van der Waals surface area (Å²) in [6.07, 6.45) is 1.51. The molecule has 90 valence electrons. The first-order valence-electron chi connectivity index (χ1n) is 5.51. The van der Waals surface area contributed by atoms with Crippen LogP contribution in [-0.4, -0.2) is 18.2 Å². The average molecular weight is 232 g/mol. The van der Waals surface area contributed by atoms with Gasteiger partial charge in [-0.3, -0.25) is 0 Å². The molecule has 0 fully saturated rings. The van der Waals surface area contributed by atoms with Gasteiger partial charge < -0.3 is 9.84 Å². The van der Waals surface area contributed by atoms with Crippen molar-refractivity contribution in [2.45, 2.75) is 25.4 Å². The Labute approximate surface area is 101 Å². The Morgan fingerprint density at radius 3 is 2.59 bits per heavy atom. The topological polar surface area (TPSA) is 46.5 Å². The first kappa shape index (κ1) is 13.3. The number of methoxy groups -OCH3 is 1. The molecule has 1 unspecified atom stereocenters. The second kappa shape index (κ2) is 6.07.